The minimum absolute atomic E-state index is 0.130. The zero-order chi connectivity index (χ0) is 16.2. The van der Waals surface area contributed by atoms with E-state index in [4.69, 9.17) is 4.42 Å². The molecule has 3 rings (SSSR count). The molecule has 2 aromatic carbocycles. The van der Waals surface area contributed by atoms with Gasteiger partial charge in [-0.05, 0) is 25.1 Å². The van der Waals surface area contributed by atoms with Gasteiger partial charge in [0, 0.05) is 17.5 Å². The van der Waals surface area contributed by atoms with Gasteiger partial charge in [0.1, 0.15) is 17.2 Å². The SMILES string of the molecule is C[C@@H](NC(=O)NCc1ccccc1F)c1cc2ccccc2o1. The van der Waals surface area contributed by atoms with Crippen LogP contribution >= 0.6 is 0 Å². The summed E-state index contributed by atoms with van der Waals surface area (Å²) in [6.07, 6.45) is 0. The topological polar surface area (TPSA) is 54.3 Å². The zero-order valence-electron chi connectivity index (χ0n) is 12.7. The Bertz CT molecular complexity index is 796. The summed E-state index contributed by atoms with van der Waals surface area (Å²) in [7, 11) is 0. The van der Waals surface area contributed by atoms with Crippen molar-refractivity contribution in [3.05, 3.63) is 71.7 Å². The maximum atomic E-state index is 13.5. The van der Waals surface area contributed by atoms with Crippen molar-refractivity contribution in [1.82, 2.24) is 10.6 Å². The second-order valence-electron chi connectivity index (χ2n) is 5.33. The molecule has 23 heavy (non-hydrogen) atoms. The molecule has 1 heterocycles. The van der Waals surface area contributed by atoms with Gasteiger partial charge in [0.2, 0.25) is 0 Å². The molecule has 0 unspecified atom stereocenters. The molecule has 3 aromatic rings. The lowest BCUT2D eigenvalue weighted by atomic mass is 10.2. The third-order valence-electron chi connectivity index (χ3n) is 3.62. The fourth-order valence-electron chi connectivity index (χ4n) is 2.35. The van der Waals surface area contributed by atoms with E-state index in [2.05, 4.69) is 10.6 Å². The molecule has 5 heteroatoms. The van der Waals surface area contributed by atoms with Crippen LogP contribution in [0.25, 0.3) is 11.0 Å². The molecule has 0 aliphatic heterocycles. The molecule has 0 radical (unpaired) electrons. The minimum Gasteiger partial charge on any atom is -0.459 e. The van der Waals surface area contributed by atoms with Crippen LogP contribution in [0.4, 0.5) is 9.18 Å². The van der Waals surface area contributed by atoms with Gasteiger partial charge in [-0.3, -0.25) is 0 Å². The monoisotopic (exact) mass is 312 g/mol. The smallest absolute Gasteiger partial charge is 0.315 e. The highest BCUT2D eigenvalue weighted by Gasteiger charge is 2.14. The first-order valence-corrected chi connectivity index (χ1v) is 7.40. The predicted molar refractivity (Wildman–Crippen MR) is 86.4 cm³/mol. The fourth-order valence-corrected chi connectivity index (χ4v) is 2.35. The number of rotatable bonds is 4. The number of halogens is 1. The number of para-hydroxylation sites is 1. The van der Waals surface area contributed by atoms with Gasteiger partial charge < -0.3 is 15.1 Å². The summed E-state index contributed by atoms with van der Waals surface area (Å²) in [5.74, 6) is 0.338. The second-order valence-corrected chi connectivity index (χ2v) is 5.33. The number of carbonyl (C=O) groups excluding carboxylic acids is 1. The van der Waals surface area contributed by atoms with Crippen LogP contribution in [-0.4, -0.2) is 6.03 Å². The third-order valence-corrected chi connectivity index (χ3v) is 3.62. The summed E-state index contributed by atoms with van der Waals surface area (Å²) in [5, 5.41) is 6.41. The number of carbonyl (C=O) groups is 1. The van der Waals surface area contributed by atoms with Gasteiger partial charge in [-0.15, -0.1) is 0 Å². The lowest BCUT2D eigenvalue weighted by molar-refractivity contribution is 0.236. The van der Waals surface area contributed by atoms with Crippen LogP contribution in [0.3, 0.4) is 0 Å². The number of urea groups is 1. The van der Waals surface area contributed by atoms with Gasteiger partial charge in [0.15, 0.2) is 0 Å². The van der Waals surface area contributed by atoms with Crippen molar-refractivity contribution in [1.29, 1.82) is 0 Å². The highest BCUT2D eigenvalue weighted by atomic mass is 19.1. The van der Waals surface area contributed by atoms with Crippen LogP contribution in [0.5, 0.6) is 0 Å². The first-order valence-electron chi connectivity index (χ1n) is 7.40. The van der Waals surface area contributed by atoms with E-state index in [-0.39, 0.29) is 24.4 Å². The van der Waals surface area contributed by atoms with Gasteiger partial charge in [0.05, 0.1) is 6.04 Å². The Morgan fingerprint density at radius 3 is 2.70 bits per heavy atom. The van der Waals surface area contributed by atoms with Crippen LogP contribution in [-0.2, 0) is 6.54 Å². The summed E-state index contributed by atoms with van der Waals surface area (Å²) in [5.41, 5.74) is 1.22. The quantitative estimate of drug-likeness (QED) is 0.761. The van der Waals surface area contributed by atoms with Crippen LogP contribution in [0.2, 0.25) is 0 Å². The Kier molecular flexibility index (Phi) is 4.28. The Hall–Kier alpha value is -2.82. The molecule has 1 aromatic heterocycles. The maximum absolute atomic E-state index is 13.5. The fraction of sp³-hybridized carbons (Fsp3) is 0.167. The molecule has 0 saturated carbocycles. The average Bonchev–Trinajstić information content (AvgIpc) is 2.98. The van der Waals surface area contributed by atoms with E-state index >= 15 is 0 Å². The predicted octanol–water partition coefficient (Wildman–Crippen LogP) is 4.13. The summed E-state index contributed by atoms with van der Waals surface area (Å²) in [6, 6.07) is 15.2. The first kappa shape index (κ1) is 15.1. The van der Waals surface area contributed by atoms with Crippen LogP contribution in [0, 0.1) is 5.82 Å². The van der Waals surface area contributed by atoms with E-state index in [0.717, 1.165) is 11.0 Å². The number of fused-ring (bicyclic) bond motifs is 1. The summed E-state index contributed by atoms with van der Waals surface area (Å²) in [4.78, 5) is 11.9. The van der Waals surface area contributed by atoms with E-state index < -0.39 is 0 Å². The molecule has 2 amide bonds. The number of hydrogen-bond acceptors (Lipinski definition) is 2. The van der Waals surface area contributed by atoms with Gasteiger partial charge in [-0.25, -0.2) is 9.18 Å². The van der Waals surface area contributed by atoms with E-state index in [0.29, 0.717) is 11.3 Å². The Labute approximate surface area is 133 Å². The molecule has 0 fully saturated rings. The molecule has 1 atom stereocenters. The van der Waals surface area contributed by atoms with E-state index in [1.807, 2.05) is 37.3 Å². The number of hydrogen-bond donors (Lipinski definition) is 2. The maximum Gasteiger partial charge on any atom is 0.315 e. The van der Waals surface area contributed by atoms with Gasteiger partial charge in [0.25, 0.3) is 0 Å². The number of nitrogens with one attached hydrogen (secondary N) is 2. The molecular weight excluding hydrogens is 295 g/mol. The van der Waals surface area contributed by atoms with Crippen molar-refractivity contribution >= 4 is 17.0 Å². The molecule has 0 aliphatic rings. The van der Waals surface area contributed by atoms with Crippen LogP contribution < -0.4 is 10.6 Å². The highest BCUT2D eigenvalue weighted by Crippen LogP contribution is 2.23. The molecule has 0 aliphatic carbocycles. The first-order chi connectivity index (χ1) is 11.1. The lowest BCUT2D eigenvalue weighted by Gasteiger charge is -2.12. The van der Waals surface area contributed by atoms with Crippen LogP contribution in [0.15, 0.2) is 59.0 Å². The third kappa shape index (κ3) is 3.51. The van der Waals surface area contributed by atoms with Gasteiger partial charge in [-0.1, -0.05) is 36.4 Å². The summed E-state index contributed by atoms with van der Waals surface area (Å²) in [6.45, 7) is 1.96. The van der Waals surface area contributed by atoms with Crippen LogP contribution in [0.1, 0.15) is 24.3 Å². The Balaban J connectivity index is 1.60. The van der Waals surface area contributed by atoms with Crippen molar-refractivity contribution < 1.29 is 13.6 Å². The van der Waals surface area contributed by atoms with Gasteiger partial charge >= 0.3 is 6.03 Å². The lowest BCUT2D eigenvalue weighted by Crippen LogP contribution is -2.36. The number of benzene rings is 2. The molecule has 118 valence electrons. The Morgan fingerprint density at radius 2 is 1.91 bits per heavy atom. The van der Waals surface area contributed by atoms with E-state index in [1.165, 1.54) is 6.07 Å². The molecule has 0 spiro atoms. The summed E-state index contributed by atoms with van der Waals surface area (Å²) >= 11 is 0. The zero-order valence-corrected chi connectivity index (χ0v) is 12.7. The molecular formula is C18H17FN2O2. The standard InChI is InChI=1S/C18H17FN2O2/c1-12(17-10-13-6-3-5-9-16(13)23-17)21-18(22)20-11-14-7-2-4-8-15(14)19/h2-10,12H,11H2,1H3,(H2,20,21,22)/t12-/m1/s1. The largest absolute Gasteiger partial charge is 0.459 e. The molecule has 0 saturated heterocycles. The number of amides is 2. The van der Waals surface area contributed by atoms with E-state index in [1.54, 1.807) is 18.2 Å². The van der Waals surface area contributed by atoms with Crippen molar-refractivity contribution in [3.8, 4) is 0 Å². The molecule has 4 nitrogen and oxygen atoms in total. The Morgan fingerprint density at radius 1 is 1.17 bits per heavy atom. The minimum atomic E-state index is -0.374. The molecule has 2 N–H and O–H groups in total. The molecule has 0 bridgehead atoms. The van der Waals surface area contributed by atoms with Gasteiger partial charge in [-0.2, -0.15) is 0 Å². The van der Waals surface area contributed by atoms with E-state index in [9.17, 15) is 9.18 Å². The second kappa shape index (κ2) is 6.52. The van der Waals surface area contributed by atoms with Crippen molar-refractivity contribution in [2.24, 2.45) is 0 Å². The highest BCUT2D eigenvalue weighted by molar-refractivity contribution is 5.78. The van der Waals surface area contributed by atoms with Crippen molar-refractivity contribution in [2.75, 3.05) is 0 Å². The normalized spacial score (nSPS) is 12.1. The average molecular weight is 312 g/mol. The number of furan rings is 1. The van der Waals surface area contributed by atoms with Crippen molar-refractivity contribution in [2.45, 2.75) is 19.5 Å². The summed E-state index contributed by atoms with van der Waals surface area (Å²) < 4.78 is 19.2. The van der Waals surface area contributed by atoms with Crippen molar-refractivity contribution in [3.63, 3.8) is 0 Å².